The average Bonchev–Trinajstić information content (AvgIpc) is 1.24. The molecule has 8 aromatic carbocycles. The molecule has 0 spiro atoms. The maximum atomic E-state index is 6.93. The number of aryl methyl sites for hydroxylation is 1. The Bertz CT molecular complexity index is 3670. The Balaban J connectivity index is 0.000000174. The van der Waals surface area contributed by atoms with E-state index in [2.05, 4.69) is 157 Å². The first kappa shape index (κ1) is 67.4. The quantitative estimate of drug-likeness (QED) is 0.0313. The first-order chi connectivity index (χ1) is 45.3. The topological polar surface area (TPSA) is 190 Å². The Morgan fingerprint density at radius 2 is 0.606 bits per heavy atom. The lowest BCUT2D eigenvalue weighted by atomic mass is 9.78. The third-order valence-electron chi connectivity index (χ3n) is 17.5. The van der Waals surface area contributed by atoms with Crippen molar-refractivity contribution < 1.29 is 56.8 Å². The lowest BCUT2D eigenvalue weighted by Gasteiger charge is -2.26. The molecule has 2 saturated heterocycles. The molecule has 4 aliphatic heterocycles. The van der Waals surface area contributed by atoms with E-state index in [1.54, 1.807) is 7.11 Å². The number of benzene rings is 8. The fourth-order valence-electron chi connectivity index (χ4n) is 10.8. The first-order valence-electron chi connectivity index (χ1n) is 31.8. The molecule has 16 nitrogen and oxygen atoms in total. The molecule has 4 unspecified atom stereocenters. The van der Waals surface area contributed by atoms with Gasteiger partial charge in [0.15, 0.2) is 18.9 Å². The van der Waals surface area contributed by atoms with E-state index in [-0.39, 0.29) is 58.2 Å². The van der Waals surface area contributed by atoms with Crippen molar-refractivity contribution in [2.24, 2.45) is 9.98 Å². The highest BCUT2D eigenvalue weighted by Gasteiger charge is 2.30. The van der Waals surface area contributed by atoms with Crippen LogP contribution in [0.1, 0.15) is 105 Å². The maximum Gasteiger partial charge on any atom is 0.389 e. The van der Waals surface area contributed by atoms with Gasteiger partial charge in [-0.2, -0.15) is 0 Å². The number of epoxide rings is 2. The van der Waals surface area contributed by atoms with Crippen molar-refractivity contribution in [1.82, 2.24) is 0 Å². The molecule has 94 heavy (non-hydrogen) atoms. The molecule has 2 fully saturated rings. The second-order valence-corrected chi connectivity index (χ2v) is 25.7. The number of ether oxygens (including phenoxy) is 12. The van der Waals surface area contributed by atoms with Crippen LogP contribution in [0.2, 0.25) is 0 Å². The number of nitrogens with one attached hydrogen (secondary N) is 2. The second-order valence-electron chi connectivity index (χ2n) is 25.7. The molecule has 0 radical (unpaired) electrons. The summed E-state index contributed by atoms with van der Waals surface area (Å²) in [5, 5.41) is 13.9. The van der Waals surface area contributed by atoms with Crippen molar-refractivity contribution in [3.8, 4) is 40.2 Å². The fourth-order valence-corrected chi connectivity index (χ4v) is 10.8. The van der Waals surface area contributed by atoms with Gasteiger partial charge in [-0.3, -0.25) is 10.8 Å². The minimum Gasteiger partial charge on any atom is -0.491 e. The minimum absolute atomic E-state index is 0.0870. The molecule has 12 rings (SSSR count). The Hall–Kier alpha value is -9.48. The summed E-state index contributed by atoms with van der Waals surface area (Å²) in [5.74, 6) is 5.22. The maximum absolute atomic E-state index is 6.93. The number of rotatable bonds is 25. The van der Waals surface area contributed by atoms with E-state index < -0.39 is 0 Å². The Labute approximate surface area is 552 Å². The molecule has 2 N–H and O–H groups in total. The smallest absolute Gasteiger partial charge is 0.389 e. The number of methoxy groups -OCH3 is 1. The van der Waals surface area contributed by atoms with Gasteiger partial charge >= 0.3 is 12.2 Å². The molecule has 0 amide bonds. The normalized spacial score (nSPS) is 17.2. The number of hydrogen-bond donors (Lipinski definition) is 2. The Kier molecular flexibility index (Phi) is 21.9. The van der Waals surface area contributed by atoms with E-state index >= 15 is 0 Å². The van der Waals surface area contributed by atoms with Crippen molar-refractivity contribution in [1.29, 1.82) is 10.8 Å². The van der Waals surface area contributed by atoms with Gasteiger partial charge in [0.25, 0.3) is 0 Å². The molecule has 4 heterocycles. The standard InChI is InChI=1S/C40H44N2O6.C21H24O4.C17H18N2O2/c1-27-7-9-28(10-8-27)39(2,3)29-11-17-32(18-12-29)44-26-36-24-42-38(48-36)46-34-21-15-31(16-22-34)40(4,5)30-13-19-33(20-14-30)45-37-41-23-35(47-37)25-43-6;1-21(2,15-3-7-17(8-4-15)22-11-19-13-24-19)16-5-9-18(10-6-16)23-12-20-14-25-20;1-17(2,13-3-7-15(8-4-13)20-11-18)14-5-9-16(10-6-14)21-12-19/h7-22,35-36H,23-26H2,1-6H3;3-10,19-20H,11-14H2,1-2H3;3-12,18-19H,1-2H3. The predicted octanol–water partition coefficient (Wildman–Crippen LogP) is 15.2. The Morgan fingerprint density at radius 3 is 0.872 bits per heavy atom. The van der Waals surface area contributed by atoms with E-state index in [1.165, 1.54) is 27.8 Å². The van der Waals surface area contributed by atoms with E-state index in [1.807, 2.05) is 109 Å². The van der Waals surface area contributed by atoms with Gasteiger partial charge in [-0.15, -0.1) is 0 Å². The zero-order chi connectivity index (χ0) is 66.3. The highest BCUT2D eigenvalue weighted by atomic mass is 16.7. The van der Waals surface area contributed by atoms with Gasteiger partial charge < -0.3 is 56.8 Å². The summed E-state index contributed by atoms with van der Waals surface area (Å²) in [7, 11) is 1.64. The van der Waals surface area contributed by atoms with Crippen molar-refractivity contribution in [2.45, 2.75) is 108 Å². The van der Waals surface area contributed by atoms with Crippen molar-refractivity contribution in [3.63, 3.8) is 0 Å². The van der Waals surface area contributed by atoms with Crippen molar-refractivity contribution in [3.05, 3.63) is 244 Å². The number of nitrogens with zero attached hydrogens (tertiary/aromatic N) is 2. The summed E-state index contributed by atoms with van der Waals surface area (Å²) in [5.41, 5.74) is 10.3. The third-order valence-corrected chi connectivity index (χ3v) is 17.5. The summed E-state index contributed by atoms with van der Waals surface area (Å²) >= 11 is 0. The van der Waals surface area contributed by atoms with Crippen LogP contribution >= 0.6 is 0 Å². The molecular weight excluding hydrogens is 1180 g/mol. The van der Waals surface area contributed by atoms with Crippen LogP contribution in [0.15, 0.2) is 204 Å². The van der Waals surface area contributed by atoms with Crippen LogP contribution in [0.25, 0.3) is 0 Å². The zero-order valence-corrected chi connectivity index (χ0v) is 55.4. The third kappa shape index (κ3) is 18.0. The monoisotopic (exact) mass is 1270 g/mol. The summed E-state index contributed by atoms with van der Waals surface area (Å²) in [6, 6.07) is 65.1. The van der Waals surface area contributed by atoms with Crippen molar-refractivity contribution in [2.75, 3.05) is 59.8 Å². The van der Waals surface area contributed by atoms with Gasteiger partial charge in [-0.05, 0) is 136 Å². The highest BCUT2D eigenvalue weighted by molar-refractivity contribution is 5.72. The van der Waals surface area contributed by atoms with Crippen LogP contribution in [0.5, 0.6) is 40.2 Å². The second kappa shape index (κ2) is 30.5. The van der Waals surface area contributed by atoms with Gasteiger partial charge in [-0.1, -0.05) is 170 Å². The molecular formula is C78H86N4O12. The SMILES string of the molecule is CC(C)(c1ccc(OC=N)cc1)c1ccc(OC=N)cc1.CC(C)(c1ccc(OCC2CO2)cc1)c1ccc(OCC2CO2)cc1.COCC1CN=C(Oc2ccc(C(C)(C)c3ccc(OC4=NCC(COc5ccc(C(C)(C)c6ccc(C)cc6)cc5)O4)cc3)cc2)O1. The van der Waals surface area contributed by atoms with Crippen LogP contribution in [0.3, 0.4) is 0 Å². The van der Waals surface area contributed by atoms with E-state index in [0.29, 0.717) is 62.5 Å². The lowest BCUT2D eigenvalue weighted by Crippen LogP contribution is -2.23. The lowest BCUT2D eigenvalue weighted by molar-refractivity contribution is 0.0787. The molecule has 4 atom stereocenters. The van der Waals surface area contributed by atoms with E-state index in [9.17, 15) is 0 Å². The molecule has 4 aliphatic rings. The molecule has 0 aromatic heterocycles. The van der Waals surface area contributed by atoms with E-state index in [4.69, 9.17) is 67.7 Å². The molecule has 0 bridgehead atoms. The molecule has 8 aromatic rings. The van der Waals surface area contributed by atoms with Crippen LogP contribution in [-0.4, -0.2) is 109 Å². The van der Waals surface area contributed by atoms with Crippen LogP contribution in [0.4, 0.5) is 0 Å². The average molecular weight is 1270 g/mol. The number of hydrogen-bond acceptors (Lipinski definition) is 16. The van der Waals surface area contributed by atoms with Gasteiger partial charge in [0.05, 0.1) is 32.9 Å². The highest BCUT2D eigenvalue weighted by Crippen LogP contribution is 2.38. The van der Waals surface area contributed by atoms with Crippen molar-refractivity contribution >= 4 is 25.0 Å². The summed E-state index contributed by atoms with van der Waals surface area (Å²) < 4.78 is 66.4. The minimum atomic E-state index is -0.250. The van der Waals surface area contributed by atoms with Crippen LogP contribution < -0.4 is 33.2 Å². The van der Waals surface area contributed by atoms with Crippen LogP contribution in [-0.2, 0) is 45.3 Å². The summed E-state index contributed by atoms with van der Waals surface area (Å²) in [6.07, 6.45) is 2.61. The van der Waals surface area contributed by atoms with Crippen LogP contribution in [0, 0.1) is 17.7 Å². The number of aliphatic imine (C=N–C) groups is 2. The first-order valence-corrected chi connectivity index (χ1v) is 31.8. The predicted molar refractivity (Wildman–Crippen MR) is 367 cm³/mol. The largest absolute Gasteiger partial charge is 0.491 e. The fraction of sp³-hybridized carbons (Fsp3) is 0.333. The Morgan fingerprint density at radius 1 is 0.362 bits per heavy atom. The molecule has 0 aliphatic carbocycles. The van der Waals surface area contributed by atoms with Gasteiger partial charge in [-0.25, -0.2) is 9.98 Å². The van der Waals surface area contributed by atoms with E-state index in [0.717, 1.165) is 65.5 Å². The molecule has 16 heteroatoms. The van der Waals surface area contributed by atoms with Gasteiger partial charge in [0.1, 0.15) is 78.4 Å². The molecule has 490 valence electrons. The summed E-state index contributed by atoms with van der Waals surface area (Å²) in [6.45, 7) is 24.5. The van der Waals surface area contributed by atoms with Gasteiger partial charge in [0, 0.05) is 28.8 Å². The van der Waals surface area contributed by atoms with Gasteiger partial charge in [0.2, 0.25) is 0 Å². The molecule has 0 saturated carbocycles. The summed E-state index contributed by atoms with van der Waals surface area (Å²) in [4.78, 5) is 8.74. The zero-order valence-electron chi connectivity index (χ0n) is 55.4.